The molecule has 0 aliphatic carbocycles. The van der Waals surface area contributed by atoms with Gasteiger partial charge in [0.05, 0.1) is 25.4 Å². The molecule has 1 amide bonds. The normalized spacial score (nSPS) is 12.6. The van der Waals surface area contributed by atoms with Crippen LogP contribution in [0.1, 0.15) is 399 Å². The van der Waals surface area contributed by atoms with E-state index in [1.54, 1.807) is 6.08 Å². The Morgan fingerprint density at radius 3 is 0.910 bits per heavy atom. The van der Waals surface area contributed by atoms with Crippen molar-refractivity contribution in [2.75, 3.05) is 13.2 Å². The second-order valence-corrected chi connectivity index (χ2v) is 24.6. The summed E-state index contributed by atoms with van der Waals surface area (Å²) in [6, 6.07) is -0.631. The van der Waals surface area contributed by atoms with Crippen molar-refractivity contribution in [1.82, 2.24) is 5.32 Å². The van der Waals surface area contributed by atoms with Crippen molar-refractivity contribution in [2.24, 2.45) is 0 Å². The molecule has 6 heteroatoms. The maximum Gasteiger partial charge on any atom is 0.305 e. The summed E-state index contributed by atoms with van der Waals surface area (Å²) in [5, 5.41) is 23.2. The van der Waals surface area contributed by atoms with Gasteiger partial charge in [-0.2, -0.15) is 0 Å². The van der Waals surface area contributed by atoms with Crippen LogP contribution in [0, 0.1) is 0 Å². The van der Waals surface area contributed by atoms with Gasteiger partial charge in [-0.05, 0) is 57.8 Å². The number of amides is 1. The SMILES string of the molecule is CCCCCCCCCCCCCCCCCCCCC/C=C/C(O)C(CO)NC(=O)CCCCCCCCCCC/C=C\CCCCCCCCCCCCCCOC(=O)CCCCCCCCCCCCCCCCC. The second kappa shape index (κ2) is 67.8. The van der Waals surface area contributed by atoms with Crippen LogP contribution in [0.2, 0.25) is 0 Å². The van der Waals surface area contributed by atoms with E-state index in [0.29, 0.717) is 19.4 Å². The first-order valence-corrected chi connectivity index (χ1v) is 35.6. The molecule has 0 aromatic carbocycles. The van der Waals surface area contributed by atoms with Crippen molar-refractivity contribution in [3.63, 3.8) is 0 Å². The van der Waals surface area contributed by atoms with Gasteiger partial charge in [-0.15, -0.1) is 0 Å². The zero-order valence-electron chi connectivity index (χ0n) is 52.9. The van der Waals surface area contributed by atoms with E-state index in [0.717, 1.165) is 38.5 Å². The Bertz CT molecular complexity index is 1220. The fourth-order valence-corrected chi connectivity index (χ4v) is 11.3. The van der Waals surface area contributed by atoms with Gasteiger partial charge in [-0.25, -0.2) is 0 Å². The van der Waals surface area contributed by atoms with E-state index >= 15 is 0 Å². The molecule has 0 saturated heterocycles. The Morgan fingerprint density at radius 2 is 0.603 bits per heavy atom. The summed E-state index contributed by atoms with van der Waals surface area (Å²) in [4.78, 5) is 24.6. The van der Waals surface area contributed by atoms with Crippen LogP contribution in [0.5, 0.6) is 0 Å². The van der Waals surface area contributed by atoms with Gasteiger partial charge in [0.25, 0.3) is 0 Å². The number of ether oxygens (including phenoxy) is 1. The van der Waals surface area contributed by atoms with Crippen molar-refractivity contribution in [2.45, 2.75) is 411 Å². The number of carbonyl (C=O) groups excluding carboxylic acids is 2. The van der Waals surface area contributed by atoms with Gasteiger partial charge in [-0.3, -0.25) is 9.59 Å². The molecule has 0 aromatic heterocycles. The second-order valence-electron chi connectivity index (χ2n) is 24.6. The highest BCUT2D eigenvalue weighted by Gasteiger charge is 2.18. The van der Waals surface area contributed by atoms with Crippen LogP contribution in [0.3, 0.4) is 0 Å². The molecule has 0 aliphatic rings. The first kappa shape index (κ1) is 76.3. The molecule has 0 heterocycles. The minimum absolute atomic E-state index is 0.0167. The summed E-state index contributed by atoms with van der Waals surface area (Å²) in [5.74, 6) is -0.0503. The molecule has 0 spiro atoms. The third-order valence-electron chi connectivity index (χ3n) is 16.7. The quantitative estimate of drug-likeness (QED) is 0.0320. The molecule has 0 rings (SSSR count). The Hall–Kier alpha value is -1.66. The van der Waals surface area contributed by atoms with Gasteiger partial charge in [0.1, 0.15) is 0 Å². The van der Waals surface area contributed by atoms with Crippen LogP contribution in [0.25, 0.3) is 0 Å². The molecule has 2 atom stereocenters. The van der Waals surface area contributed by atoms with Crippen molar-refractivity contribution in [1.29, 1.82) is 0 Å². The standard InChI is InChI=1S/C72H139NO5/c1-3-5-7-9-11-13-15-17-19-20-21-27-30-33-37-40-44-48-52-56-60-64-70(75)69(68-74)73-71(76)65-61-57-53-49-45-41-38-34-31-28-25-23-22-24-26-29-32-35-39-43-47-51-55-59-63-67-78-72(77)66-62-58-54-50-46-42-36-18-16-14-12-10-8-6-4-2/h23,25,60,64,69-70,74-75H,3-22,24,26-59,61-63,65-68H2,1-2H3,(H,73,76)/b25-23-,64-60+. The lowest BCUT2D eigenvalue weighted by Crippen LogP contribution is -2.45. The maximum atomic E-state index is 12.5. The molecule has 2 unspecified atom stereocenters. The number of hydrogen-bond acceptors (Lipinski definition) is 5. The summed E-state index contributed by atoms with van der Waals surface area (Å²) in [6.45, 7) is 4.95. The van der Waals surface area contributed by atoms with E-state index in [1.165, 1.54) is 334 Å². The first-order valence-electron chi connectivity index (χ1n) is 35.6. The summed E-state index contributed by atoms with van der Waals surface area (Å²) < 4.78 is 5.50. The minimum Gasteiger partial charge on any atom is -0.466 e. The van der Waals surface area contributed by atoms with E-state index in [1.807, 2.05) is 6.08 Å². The highest BCUT2D eigenvalue weighted by Crippen LogP contribution is 2.19. The molecule has 0 aliphatic heterocycles. The molecule has 0 bridgehead atoms. The summed E-state index contributed by atoms with van der Waals surface area (Å²) >= 11 is 0. The smallest absolute Gasteiger partial charge is 0.305 e. The molecular formula is C72H139NO5. The Kier molecular flexibility index (Phi) is 66.4. The number of unbranched alkanes of at least 4 members (excludes halogenated alkanes) is 54. The predicted molar refractivity (Wildman–Crippen MR) is 343 cm³/mol. The molecule has 0 aromatic rings. The summed E-state index contributed by atoms with van der Waals surface area (Å²) in [5.41, 5.74) is 0. The number of esters is 1. The summed E-state index contributed by atoms with van der Waals surface area (Å²) in [6.07, 6.45) is 85.4. The monoisotopic (exact) mass is 1100 g/mol. The average Bonchev–Trinajstić information content (AvgIpc) is 3.44. The Labute approximate surface area is 488 Å². The molecule has 0 saturated carbocycles. The molecule has 3 N–H and O–H groups in total. The number of nitrogens with one attached hydrogen (secondary N) is 1. The number of carbonyl (C=O) groups is 2. The minimum atomic E-state index is -0.847. The Morgan fingerprint density at radius 1 is 0.346 bits per heavy atom. The van der Waals surface area contributed by atoms with Gasteiger partial charge >= 0.3 is 5.97 Å². The molecule has 6 nitrogen and oxygen atoms in total. The van der Waals surface area contributed by atoms with Gasteiger partial charge < -0.3 is 20.3 Å². The van der Waals surface area contributed by atoms with Gasteiger partial charge in [0, 0.05) is 12.8 Å². The Balaban J connectivity index is 3.41. The van der Waals surface area contributed by atoms with Gasteiger partial charge in [0.2, 0.25) is 5.91 Å². The fourth-order valence-electron chi connectivity index (χ4n) is 11.3. The third-order valence-corrected chi connectivity index (χ3v) is 16.7. The predicted octanol–water partition coefficient (Wildman–Crippen LogP) is 22.9. The van der Waals surface area contributed by atoms with E-state index < -0.39 is 12.1 Å². The lowest BCUT2D eigenvalue weighted by atomic mass is 10.0. The first-order chi connectivity index (χ1) is 38.5. The van der Waals surface area contributed by atoms with Crippen LogP contribution in [0.4, 0.5) is 0 Å². The number of aliphatic hydroxyl groups is 2. The topological polar surface area (TPSA) is 95.9 Å². The van der Waals surface area contributed by atoms with E-state index in [-0.39, 0.29) is 18.5 Å². The fraction of sp³-hybridized carbons (Fsp3) is 0.917. The third kappa shape index (κ3) is 63.5. The number of allylic oxidation sites excluding steroid dienone is 3. The molecule has 462 valence electrons. The van der Waals surface area contributed by atoms with Crippen molar-refractivity contribution in [3.05, 3.63) is 24.3 Å². The van der Waals surface area contributed by atoms with Crippen molar-refractivity contribution in [3.8, 4) is 0 Å². The van der Waals surface area contributed by atoms with Crippen LogP contribution in [0.15, 0.2) is 24.3 Å². The molecule has 78 heavy (non-hydrogen) atoms. The van der Waals surface area contributed by atoms with E-state index in [2.05, 4.69) is 31.3 Å². The lowest BCUT2D eigenvalue weighted by molar-refractivity contribution is -0.143. The highest BCUT2D eigenvalue weighted by molar-refractivity contribution is 5.76. The largest absolute Gasteiger partial charge is 0.466 e. The van der Waals surface area contributed by atoms with Crippen molar-refractivity contribution < 1.29 is 24.5 Å². The average molecular weight is 1100 g/mol. The maximum absolute atomic E-state index is 12.5. The lowest BCUT2D eigenvalue weighted by Gasteiger charge is -2.20. The van der Waals surface area contributed by atoms with Crippen LogP contribution >= 0.6 is 0 Å². The summed E-state index contributed by atoms with van der Waals surface area (Å²) in [7, 11) is 0. The van der Waals surface area contributed by atoms with Crippen LogP contribution < -0.4 is 5.32 Å². The van der Waals surface area contributed by atoms with Crippen LogP contribution in [-0.4, -0.2) is 47.4 Å². The number of aliphatic hydroxyl groups excluding tert-OH is 2. The highest BCUT2D eigenvalue weighted by atomic mass is 16.5. The molecule has 0 fully saturated rings. The number of rotatable bonds is 67. The van der Waals surface area contributed by atoms with E-state index in [9.17, 15) is 19.8 Å². The van der Waals surface area contributed by atoms with Gasteiger partial charge in [-0.1, -0.05) is 353 Å². The number of hydrogen-bond donors (Lipinski definition) is 3. The van der Waals surface area contributed by atoms with E-state index in [4.69, 9.17) is 4.74 Å². The molecule has 0 radical (unpaired) electrons. The van der Waals surface area contributed by atoms with Crippen LogP contribution in [-0.2, 0) is 14.3 Å². The van der Waals surface area contributed by atoms with Crippen molar-refractivity contribution >= 4 is 11.9 Å². The van der Waals surface area contributed by atoms with Gasteiger partial charge in [0.15, 0.2) is 0 Å². The molecular weight excluding hydrogens is 959 g/mol. The zero-order chi connectivity index (χ0) is 56.4. The zero-order valence-corrected chi connectivity index (χ0v) is 52.9.